The molecule has 160 valence electrons. The van der Waals surface area contributed by atoms with Gasteiger partial charge in [0.05, 0.1) is 5.69 Å². The number of hydrogen-bond acceptors (Lipinski definition) is 7. The molecule has 0 radical (unpaired) electrons. The maximum absolute atomic E-state index is 14.0. The monoisotopic (exact) mass is 441 g/mol. The first-order valence-electron chi connectivity index (χ1n) is 10.1. The molecule has 0 unspecified atom stereocenters. The average Bonchev–Trinajstić information content (AvgIpc) is 3.33. The number of piperidine rings is 1. The van der Waals surface area contributed by atoms with Gasteiger partial charge in [0, 0.05) is 13.1 Å². The number of thiazole rings is 1. The molecule has 1 aliphatic rings. The number of aryl methyl sites for hydroxylation is 1. The van der Waals surface area contributed by atoms with E-state index in [1.807, 2.05) is 0 Å². The third kappa shape index (κ3) is 3.65. The second-order valence-corrected chi connectivity index (χ2v) is 8.58. The van der Waals surface area contributed by atoms with Crippen molar-refractivity contribution >= 4 is 44.1 Å². The minimum atomic E-state index is -0.546. The number of fused-ring (bicyclic) bond motifs is 3. The van der Waals surface area contributed by atoms with Crippen molar-refractivity contribution in [1.29, 1.82) is 0 Å². The van der Waals surface area contributed by atoms with Crippen molar-refractivity contribution in [2.75, 3.05) is 23.3 Å². The van der Waals surface area contributed by atoms with Crippen molar-refractivity contribution in [2.24, 2.45) is 0 Å². The van der Waals surface area contributed by atoms with Gasteiger partial charge in [-0.05, 0) is 43.9 Å². The number of nitrogens with zero attached hydrogens (tertiary/aromatic N) is 6. The van der Waals surface area contributed by atoms with Gasteiger partial charge in [-0.1, -0.05) is 17.4 Å². The molecule has 0 aliphatic carbocycles. The molecule has 0 spiro atoms. The number of rotatable bonds is 4. The normalized spacial score (nSPS) is 14.5. The highest BCUT2D eigenvalue weighted by molar-refractivity contribution is 7.22. The Morgan fingerprint density at radius 2 is 2.06 bits per heavy atom. The summed E-state index contributed by atoms with van der Waals surface area (Å²) in [6, 6.07) is 4.52. The van der Waals surface area contributed by atoms with Crippen molar-refractivity contribution in [1.82, 2.24) is 24.1 Å². The number of aromatic nitrogens is 5. The summed E-state index contributed by atoms with van der Waals surface area (Å²) in [5.74, 6) is -1.08. The lowest BCUT2D eigenvalue weighted by molar-refractivity contribution is -0.117. The Morgan fingerprint density at radius 3 is 2.84 bits per heavy atom. The van der Waals surface area contributed by atoms with Crippen LogP contribution in [0.4, 0.5) is 15.2 Å². The van der Waals surface area contributed by atoms with E-state index in [1.54, 1.807) is 13.0 Å². The van der Waals surface area contributed by atoms with E-state index < -0.39 is 17.4 Å². The Hall–Kier alpha value is -3.34. The fourth-order valence-corrected chi connectivity index (χ4v) is 4.74. The van der Waals surface area contributed by atoms with Crippen LogP contribution in [0.3, 0.4) is 0 Å². The number of carbonyl (C=O) groups is 1. The summed E-state index contributed by atoms with van der Waals surface area (Å²) in [6.45, 7) is 3.32. The van der Waals surface area contributed by atoms with Crippen LogP contribution in [0.25, 0.3) is 16.0 Å². The summed E-state index contributed by atoms with van der Waals surface area (Å²) < 4.78 is 17.1. The molecule has 9 nitrogen and oxygen atoms in total. The lowest BCUT2D eigenvalue weighted by Crippen LogP contribution is -2.29. The number of hydrogen-bond donors (Lipinski definition) is 1. The van der Waals surface area contributed by atoms with Crippen LogP contribution in [0.2, 0.25) is 0 Å². The highest BCUT2D eigenvalue weighted by Gasteiger charge is 2.20. The molecule has 1 amide bonds. The number of carbonyl (C=O) groups excluding carboxylic acids is 1. The molecule has 1 aromatic carbocycles. The van der Waals surface area contributed by atoms with Gasteiger partial charge in [-0.3, -0.25) is 4.79 Å². The number of nitrogens with one attached hydrogen (secondary N) is 1. The lowest BCUT2D eigenvalue weighted by atomic mass is 10.1. The van der Waals surface area contributed by atoms with Crippen molar-refractivity contribution in [2.45, 2.75) is 32.7 Å². The van der Waals surface area contributed by atoms with Gasteiger partial charge < -0.3 is 10.2 Å². The molecule has 1 aliphatic heterocycles. The van der Waals surface area contributed by atoms with Crippen LogP contribution in [0.15, 0.2) is 29.3 Å². The van der Waals surface area contributed by atoms with Crippen molar-refractivity contribution in [3.05, 3.63) is 46.4 Å². The van der Waals surface area contributed by atoms with Crippen molar-refractivity contribution in [3.8, 4) is 0 Å². The number of amides is 1. The predicted molar refractivity (Wildman–Crippen MR) is 116 cm³/mol. The Kier molecular flexibility index (Phi) is 4.89. The zero-order valence-corrected chi connectivity index (χ0v) is 17.7. The molecule has 31 heavy (non-hydrogen) atoms. The topological polar surface area (TPSA) is 97.4 Å². The maximum atomic E-state index is 14.0. The van der Waals surface area contributed by atoms with Gasteiger partial charge >= 0.3 is 5.69 Å². The van der Waals surface area contributed by atoms with Crippen LogP contribution in [0, 0.1) is 12.7 Å². The average molecular weight is 441 g/mol. The van der Waals surface area contributed by atoms with Gasteiger partial charge in [-0.25, -0.2) is 23.3 Å². The van der Waals surface area contributed by atoms with Crippen LogP contribution in [-0.2, 0) is 11.3 Å². The van der Waals surface area contributed by atoms with E-state index in [2.05, 4.69) is 25.3 Å². The van der Waals surface area contributed by atoms with Crippen LogP contribution in [0.1, 0.15) is 24.8 Å². The quantitative estimate of drug-likeness (QED) is 0.523. The standard InChI is InChI=1S/C20H20FN7O2S/c1-12-5-6-14(13(21)9-12)23-15(29)10-28-20(30)27-11-22-17-16(18(27)25-28)31-19(24-17)26-7-3-2-4-8-26/h5-6,9,11H,2-4,7-8,10H2,1H3,(H,23,29). The molecule has 4 heterocycles. The smallest absolute Gasteiger partial charge is 0.348 e. The Bertz CT molecular complexity index is 1350. The predicted octanol–water partition coefficient (Wildman–Crippen LogP) is 2.58. The Balaban J connectivity index is 1.44. The molecule has 0 bridgehead atoms. The van der Waals surface area contributed by atoms with E-state index in [0.717, 1.165) is 41.3 Å². The van der Waals surface area contributed by atoms with Crippen LogP contribution in [-0.4, -0.2) is 43.1 Å². The van der Waals surface area contributed by atoms with Gasteiger partial charge in [0.15, 0.2) is 16.4 Å². The third-order valence-corrected chi connectivity index (χ3v) is 6.39. The Morgan fingerprint density at radius 1 is 1.26 bits per heavy atom. The molecule has 3 aromatic heterocycles. The summed E-state index contributed by atoms with van der Waals surface area (Å²) >= 11 is 1.45. The maximum Gasteiger partial charge on any atom is 0.352 e. The first-order valence-corrected chi connectivity index (χ1v) is 10.9. The van der Waals surface area contributed by atoms with Crippen molar-refractivity contribution < 1.29 is 9.18 Å². The molecule has 1 fully saturated rings. The van der Waals surface area contributed by atoms with Crippen molar-refractivity contribution in [3.63, 3.8) is 0 Å². The first-order chi connectivity index (χ1) is 15.0. The van der Waals surface area contributed by atoms with E-state index in [4.69, 9.17) is 0 Å². The Labute approximate surface area is 180 Å². The van der Waals surface area contributed by atoms with Gasteiger partial charge in [-0.2, -0.15) is 4.98 Å². The zero-order chi connectivity index (χ0) is 21.5. The summed E-state index contributed by atoms with van der Waals surface area (Å²) in [7, 11) is 0. The van der Waals surface area contributed by atoms with Gasteiger partial charge in [0.1, 0.15) is 23.4 Å². The van der Waals surface area contributed by atoms with Crippen LogP contribution < -0.4 is 15.9 Å². The SMILES string of the molecule is Cc1ccc(NC(=O)Cn2nc3c4sc(N5CCCCC5)nc4ncn3c2=O)c(F)c1. The second-order valence-electron chi connectivity index (χ2n) is 7.61. The van der Waals surface area contributed by atoms with Gasteiger partial charge in [-0.15, -0.1) is 5.10 Å². The fraction of sp³-hybridized carbons (Fsp3) is 0.350. The molecule has 5 rings (SSSR count). The highest BCUT2D eigenvalue weighted by atomic mass is 32.1. The summed E-state index contributed by atoms with van der Waals surface area (Å²) in [6.07, 6.45) is 4.85. The van der Waals surface area contributed by atoms with E-state index in [-0.39, 0.29) is 12.2 Å². The number of anilines is 2. The van der Waals surface area contributed by atoms with E-state index in [1.165, 1.54) is 40.6 Å². The molecule has 1 N–H and O–H groups in total. The molecule has 11 heteroatoms. The largest absolute Gasteiger partial charge is 0.352 e. The zero-order valence-electron chi connectivity index (χ0n) is 16.8. The number of benzene rings is 1. The van der Waals surface area contributed by atoms with Gasteiger partial charge in [0.2, 0.25) is 5.91 Å². The minimum absolute atomic E-state index is 0.0603. The first kappa shape index (κ1) is 19.6. The molecule has 4 aromatic rings. The molecule has 1 saturated heterocycles. The van der Waals surface area contributed by atoms with E-state index in [9.17, 15) is 14.0 Å². The summed E-state index contributed by atoms with van der Waals surface area (Å²) in [5.41, 5.74) is 1.26. The van der Waals surface area contributed by atoms with Crippen LogP contribution in [0.5, 0.6) is 0 Å². The minimum Gasteiger partial charge on any atom is -0.348 e. The highest BCUT2D eigenvalue weighted by Crippen LogP contribution is 2.31. The fourth-order valence-electron chi connectivity index (χ4n) is 3.70. The van der Waals surface area contributed by atoms with E-state index in [0.29, 0.717) is 16.0 Å². The van der Waals surface area contributed by atoms with Gasteiger partial charge in [0.25, 0.3) is 0 Å². The molecular formula is C20H20FN7O2S. The summed E-state index contributed by atoms with van der Waals surface area (Å²) in [4.78, 5) is 36.3. The third-order valence-electron chi connectivity index (χ3n) is 5.29. The second kappa shape index (κ2) is 7.73. The summed E-state index contributed by atoms with van der Waals surface area (Å²) in [5, 5.41) is 7.69. The lowest BCUT2D eigenvalue weighted by Gasteiger charge is -2.25. The van der Waals surface area contributed by atoms with Crippen LogP contribution >= 0.6 is 11.3 Å². The molecular weight excluding hydrogens is 421 g/mol. The number of halogens is 1. The van der Waals surface area contributed by atoms with E-state index >= 15 is 0 Å². The molecule has 0 saturated carbocycles. The molecule has 0 atom stereocenters.